The van der Waals surface area contributed by atoms with Crippen LogP contribution < -0.4 is 5.73 Å². The molecule has 0 aliphatic rings. The van der Waals surface area contributed by atoms with Gasteiger partial charge < -0.3 is 10.3 Å². The molecule has 0 saturated heterocycles. The van der Waals surface area contributed by atoms with Gasteiger partial charge in [0.15, 0.2) is 5.82 Å². The lowest BCUT2D eigenvalue weighted by molar-refractivity contribution is 0.252. The largest absolute Gasteiger partial charge is 0.338 e. The molecule has 2 rings (SSSR count). The normalized spacial score (nSPS) is 13.5. The summed E-state index contributed by atoms with van der Waals surface area (Å²) in [5.41, 5.74) is 8.42. The zero-order valence-corrected chi connectivity index (χ0v) is 12.0. The van der Waals surface area contributed by atoms with Gasteiger partial charge in [0, 0.05) is 6.42 Å². The van der Waals surface area contributed by atoms with Gasteiger partial charge in [0.2, 0.25) is 5.89 Å². The summed E-state index contributed by atoms with van der Waals surface area (Å²) in [7, 11) is 0. The molecule has 0 aliphatic carbocycles. The fraction of sp³-hybridized carbons (Fsp3) is 0.467. The number of rotatable bonds is 3. The van der Waals surface area contributed by atoms with E-state index >= 15 is 0 Å². The first-order valence-electron chi connectivity index (χ1n) is 6.50. The second kappa shape index (κ2) is 5.13. The minimum absolute atomic E-state index is 0.0896. The standard InChI is InChI=1S/C15H21N3O/c1-10-5-7-11(8-6-10)9-12-17-14(19-18-12)13(16)15(2,3)4/h5-8,13H,9,16H2,1-4H3/t13-/m0/s1. The molecule has 0 bridgehead atoms. The first kappa shape index (κ1) is 13.7. The van der Waals surface area contributed by atoms with Crippen molar-refractivity contribution in [3.05, 3.63) is 47.1 Å². The van der Waals surface area contributed by atoms with Gasteiger partial charge in [-0.25, -0.2) is 0 Å². The van der Waals surface area contributed by atoms with Gasteiger partial charge in [0.25, 0.3) is 0 Å². The smallest absolute Gasteiger partial charge is 0.244 e. The molecule has 0 saturated carbocycles. The average molecular weight is 259 g/mol. The van der Waals surface area contributed by atoms with E-state index < -0.39 is 0 Å². The fourth-order valence-electron chi connectivity index (χ4n) is 1.72. The maximum Gasteiger partial charge on any atom is 0.244 e. The molecule has 1 aromatic carbocycles. The Morgan fingerprint density at radius 1 is 1.21 bits per heavy atom. The molecular weight excluding hydrogens is 238 g/mol. The van der Waals surface area contributed by atoms with E-state index in [0.717, 1.165) is 0 Å². The predicted octanol–water partition coefficient (Wildman–Crippen LogP) is 3.01. The van der Waals surface area contributed by atoms with Gasteiger partial charge in [0.1, 0.15) is 0 Å². The highest BCUT2D eigenvalue weighted by Crippen LogP contribution is 2.29. The summed E-state index contributed by atoms with van der Waals surface area (Å²) < 4.78 is 5.26. The van der Waals surface area contributed by atoms with Crippen LogP contribution in [0.5, 0.6) is 0 Å². The molecular formula is C15H21N3O. The molecule has 0 aliphatic heterocycles. The predicted molar refractivity (Wildman–Crippen MR) is 74.7 cm³/mol. The first-order chi connectivity index (χ1) is 8.86. The molecule has 1 aromatic heterocycles. The van der Waals surface area contributed by atoms with Gasteiger partial charge in [-0.2, -0.15) is 4.98 Å². The maximum absolute atomic E-state index is 6.10. The van der Waals surface area contributed by atoms with Gasteiger partial charge in [0.05, 0.1) is 6.04 Å². The summed E-state index contributed by atoms with van der Waals surface area (Å²) in [6, 6.07) is 8.07. The van der Waals surface area contributed by atoms with E-state index in [0.29, 0.717) is 18.1 Å². The Hall–Kier alpha value is -1.68. The van der Waals surface area contributed by atoms with Crippen molar-refractivity contribution >= 4 is 0 Å². The molecule has 4 nitrogen and oxygen atoms in total. The van der Waals surface area contributed by atoms with Crippen LogP contribution in [0.4, 0.5) is 0 Å². The van der Waals surface area contributed by atoms with Crippen molar-refractivity contribution in [2.45, 2.75) is 40.2 Å². The number of hydrogen-bond donors (Lipinski definition) is 1. The molecule has 102 valence electrons. The Balaban J connectivity index is 2.11. The van der Waals surface area contributed by atoms with Crippen LogP contribution in [0.1, 0.15) is 49.7 Å². The van der Waals surface area contributed by atoms with Crippen LogP contribution in [0, 0.1) is 12.3 Å². The van der Waals surface area contributed by atoms with Gasteiger partial charge >= 0.3 is 0 Å². The Morgan fingerprint density at radius 2 is 1.84 bits per heavy atom. The molecule has 0 amide bonds. The van der Waals surface area contributed by atoms with Crippen LogP contribution in [0.25, 0.3) is 0 Å². The van der Waals surface area contributed by atoms with E-state index in [4.69, 9.17) is 10.3 Å². The van der Waals surface area contributed by atoms with E-state index in [2.05, 4.69) is 62.1 Å². The van der Waals surface area contributed by atoms with Crippen LogP contribution in [0.15, 0.2) is 28.8 Å². The zero-order chi connectivity index (χ0) is 14.0. The molecule has 0 unspecified atom stereocenters. The van der Waals surface area contributed by atoms with Gasteiger partial charge in [-0.05, 0) is 17.9 Å². The summed E-state index contributed by atoms with van der Waals surface area (Å²) in [6.07, 6.45) is 0.667. The van der Waals surface area contributed by atoms with Gasteiger partial charge in [-0.1, -0.05) is 55.8 Å². The number of hydrogen-bond acceptors (Lipinski definition) is 4. The molecule has 0 fully saturated rings. The molecule has 0 spiro atoms. The minimum Gasteiger partial charge on any atom is -0.338 e. The van der Waals surface area contributed by atoms with E-state index in [-0.39, 0.29) is 11.5 Å². The molecule has 1 heterocycles. The van der Waals surface area contributed by atoms with Crippen molar-refractivity contribution in [3.8, 4) is 0 Å². The Bertz CT molecular complexity index is 537. The third kappa shape index (κ3) is 3.41. The number of benzene rings is 1. The van der Waals surface area contributed by atoms with Gasteiger partial charge in [-0.15, -0.1) is 0 Å². The van der Waals surface area contributed by atoms with E-state index in [1.165, 1.54) is 11.1 Å². The summed E-state index contributed by atoms with van der Waals surface area (Å²) in [5, 5.41) is 4.00. The van der Waals surface area contributed by atoms with Crippen molar-refractivity contribution in [3.63, 3.8) is 0 Å². The molecule has 1 atom stereocenters. The van der Waals surface area contributed by atoms with Crippen LogP contribution >= 0.6 is 0 Å². The molecule has 2 N–H and O–H groups in total. The van der Waals surface area contributed by atoms with E-state index in [1.807, 2.05) is 0 Å². The summed E-state index contributed by atoms with van der Waals surface area (Å²) >= 11 is 0. The summed E-state index contributed by atoms with van der Waals surface area (Å²) in [5.74, 6) is 1.19. The Morgan fingerprint density at radius 3 is 2.42 bits per heavy atom. The highest BCUT2D eigenvalue weighted by Gasteiger charge is 2.27. The number of nitrogens with two attached hydrogens (primary N) is 1. The first-order valence-corrected chi connectivity index (χ1v) is 6.50. The molecule has 19 heavy (non-hydrogen) atoms. The van der Waals surface area contributed by atoms with Crippen molar-refractivity contribution in [1.29, 1.82) is 0 Å². The van der Waals surface area contributed by atoms with Gasteiger partial charge in [-0.3, -0.25) is 0 Å². The lowest BCUT2D eigenvalue weighted by Crippen LogP contribution is -2.26. The highest BCUT2D eigenvalue weighted by atomic mass is 16.5. The highest BCUT2D eigenvalue weighted by molar-refractivity contribution is 5.23. The van der Waals surface area contributed by atoms with Crippen molar-refractivity contribution in [2.24, 2.45) is 11.1 Å². The number of aryl methyl sites for hydroxylation is 1. The van der Waals surface area contributed by atoms with Crippen molar-refractivity contribution in [2.75, 3.05) is 0 Å². The molecule has 0 radical (unpaired) electrons. The second-order valence-corrected chi connectivity index (χ2v) is 6.05. The SMILES string of the molecule is Cc1ccc(Cc2noc([C@H](N)C(C)(C)C)n2)cc1. The molecule has 2 aromatic rings. The maximum atomic E-state index is 6.10. The number of nitrogens with zero attached hydrogens (tertiary/aromatic N) is 2. The summed E-state index contributed by atoms with van der Waals surface area (Å²) in [6.45, 7) is 8.24. The fourth-order valence-corrected chi connectivity index (χ4v) is 1.72. The monoisotopic (exact) mass is 259 g/mol. The topological polar surface area (TPSA) is 64.9 Å². The van der Waals surface area contributed by atoms with Crippen molar-refractivity contribution < 1.29 is 4.52 Å². The zero-order valence-electron chi connectivity index (χ0n) is 12.0. The van der Waals surface area contributed by atoms with E-state index in [1.54, 1.807) is 0 Å². The third-order valence-electron chi connectivity index (χ3n) is 3.17. The molecule has 4 heteroatoms. The van der Waals surface area contributed by atoms with Crippen LogP contribution in [-0.2, 0) is 6.42 Å². The van der Waals surface area contributed by atoms with Crippen LogP contribution in [0.2, 0.25) is 0 Å². The Kier molecular flexibility index (Phi) is 3.71. The Labute approximate surface area is 114 Å². The average Bonchev–Trinajstić information content (AvgIpc) is 2.78. The van der Waals surface area contributed by atoms with E-state index in [9.17, 15) is 0 Å². The number of aromatic nitrogens is 2. The summed E-state index contributed by atoms with van der Waals surface area (Å²) in [4.78, 5) is 4.39. The second-order valence-electron chi connectivity index (χ2n) is 6.05. The van der Waals surface area contributed by atoms with Crippen LogP contribution in [0.3, 0.4) is 0 Å². The van der Waals surface area contributed by atoms with Crippen LogP contribution in [-0.4, -0.2) is 10.1 Å². The van der Waals surface area contributed by atoms with Crippen molar-refractivity contribution in [1.82, 2.24) is 10.1 Å². The minimum atomic E-state index is -0.244. The lowest BCUT2D eigenvalue weighted by atomic mass is 9.87. The third-order valence-corrected chi connectivity index (χ3v) is 3.17. The quantitative estimate of drug-likeness (QED) is 0.920. The lowest BCUT2D eigenvalue weighted by Gasteiger charge is -2.23.